The van der Waals surface area contributed by atoms with Crippen LogP contribution in [-0.4, -0.2) is 39.4 Å². The number of ketones is 1. The number of hydrogen-bond acceptors (Lipinski definition) is 3. The van der Waals surface area contributed by atoms with Gasteiger partial charge in [-0.25, -0.2) is 0 Å². The van der Waals surface area contributed by atoms with E-state index < -0.39 is 37.5 Å². The molecule has 0 amide bonds. The lowest BCUT2D eigenvalue weighted by atomic mass is 9.75. The topological polar surface area (TPSA) is 35.5 Å². The maximum absolute atomic E-state index is 13.7. The molecule has 0 radical (unpaired) electrons. The third-order valence-corrected chi connectivity index (χ3v) is 10.5. The Balaban J connectivity index is 2.05. The van der Waals surface area contributed by atoms with E-state index in [0.29, 0.717) is 0 Å². The molecular weight excluding hydrogens is 514 g/mol. The lowest BCUT2D eigenvalue weighted by molar-refractivity contribution is -0.305. The van der Waals surface area contributed by atoms with Gasteiger partial charge in [0.15, 0.2) is 5.78 Å². The van der Waals surface area contributed by atoms with Crippen LogP contribution in [0.25, 0.3) is 0 Å². The van der Waals surface area contributed by atoms with Gasteiger partial charge in [0.1, 0.15) is 0 Å². The Bertz CT molecular complexity index is 1090. The fraction of sp³-hybridized carbons (Fsp3) is 0.370. The summed E-state index contributed by atoms with van der Waals surface area (Å²) in [5.41, 5.74) is -0.0390. The molecule has 3 rings (SSSR count). The van der Waals surface area contributed by atoms with Crippen molar-refractivity contribution in [2.75, 3.05) is 6.61 Å². The van der Waals surface area contributed by atoms with Gasteiger partial charge in [-0.3, -0.25) is 4.79 Å². The number of carbonyl (C=O) groups excluding carboxylic acids is 1. The molecule has 10 heteroatoms. The van der Waals surface area contributed by atoms with Gasteiger partial charge in [0, 0.05) is 17.1 Å². The lowest BCUT2D eigenvalue weighted by Gasteiger charge is -2.44. The molecule has 0 heterocycles. The van der Waals surface area contributed by atoms with Crippen LogP contribution in [-0.2, 0) is 19.1 Å². The van der Waals surface area contributed by atoms with Crippen LogP contribution >= 0.6 is 0 Å². The highest BCUT2D eigenvalue weighted by atomic mass is 28.4. The molecule has 0 saturated heterocycles. The largest absolute Gasteiger partial charge is 0.422 e. The fourth-order valence-corrected chi connectivity index (χ4v) is 7.99. The second-order valence-corrected chi connectivity index (χ2v) is 13.7. The van der Waals surface area contributed by atoms with E-state index in [4.69, 9.17) is 8.85 Å². The van der Waals surface area contributed by atoms with Crippen LogP contribution in [0, 0.1) is 0 Å². The van der Waals surface area contributed by atoms with Gasteiger partial charge >= 0.3 is 20.9 Å². The minimum atomic E-state index is -5.69. The van der Waals surface area contributed by atoms with Crippen LogP contribution < -0.4 is 5.19 Å². The summed E-state index contributed by atoms with van der Waals surface area (Å²) in [6, 6.07) is 16.6. The van der Waals surface area contributed by atoms with Crippen molar-refractivity contribution < 1.29 is 40.0 Å². The molecule has 1 unspecified atom stereocenters. The summed E-state index contributed by atoms with van der Waals surface area (Å²) < 4.78 is 93.2. The van der Waals surface area contributed by atoms with E-state index in [9.17, 15) is 31.1 Å². The minimum absolute atomic E-state index is 0.152. The van der Waals surface area contributed by atoms with Crippen molar-refractivity contribution in [1.29, 1.82) is 0 Å². The van der Waals surface area contributed by atoms with Crippen LogP contribution in [0.15, 0.2) is 85.0 Å². The van der Waals surface area contributed by atoms with Crippen LogP contribution in [0.2, 0.25) is 5.04 Å². The highest BCUT2D eigenvalue weighted by molar-refractivity contribution is 6.83. The molecule has 1 aliphatic rings. The average Bonchev–Trinajstić information content (AvgIpc) is 2.81. The molecule has 0 aromatic heterocycles. The molecule has 0 bridgehead atoms. The van der Waals surface area contributed by atoms with E-state index in [1.54, 1.807) is 30.4 Å². The molecule has 200 valence electrons. The van der Waals surface area contributed by atoms with Gasteiger partial charge in [-0.05, 0) is 29.3 Å². The number of carbonyl (C=O) groups is 1. The molecule has 0 spiro atoms. The number of alkyl halides is 6. The van der Waals surface area contributed by atoms with Crippen LogP contribution in [0.5, 0.6) is 0 Å². The van der Waals surface area contributed by atoms with E-state index in [1.807, 2.05) is 18.2 Å². The average molecular weight is 543 g/mol. The minimum Gasteiger partial charge on any atom is -0.391 e. The molecule has 1 atom stereocenters. The summed E-state index contributed by atoms with van der Waals surface area (Å²) in [5.74, 6) is -0.225. The quantitative estimate of drug-likeness (QED) is 0.276. The van der Waals surface area contributed by atoms with E-state index in [1.165, 1.54) is 57.2 Å². The van der Waals surface area contributed by atoms with Crippen molar-refractivity contribution >= 4 is 19.5 Å². The van der Waals surface area contributed by atoms with E-state index in [-0.39, 0.29) is 24.0 Å². The van der Waals surface area contributed by atoms with Crippen molar-refractivity contribution in [3.05, 3.63) is 90.5 Å². The normalized spacial score (nSPS) is 17.7. The first-order valence-corrected chi connectivity index (χ1v) is 13.4. The van der Waals surface area contributed by atoms with Crippen LogP contribution in [0.4, 0.5) is 26.3 Å². The van der Waals surface area contributed by atoms with Crippen molar-refractivity contribution in [2.24, 2.45) is 0 Å². The van der Waals surface area contributed by atoms with Crippen molar-refractivity contribution in [1.82, 2.24) is 0 Å². The van der Waals surface area contributed by atoms with E-state index in [0.717, 1.165) is 5.56 Å². The van der Waals surface area contributed by atoms with Gasteiger partial charge < -0.3 is 8.85 Å². The summed E-state index contributed by atoms with van der Waals surface area (Å²) in [7, 11) is -4.44. The third-order valence-electron chi connectivity index (χ3n) is 6.24. The zero-order valence-corrected chi connectivity index (χ0v) is 21.6. The third kappa shape index (κ3) is 6.42. The smallest absolute Gasteiger partial charge is 0.391 e. The Morgan fingerprint density at radius 2 is 1.30 bits per heavy atom. The van der Waals surface area contributed by atoms with Gasteiger partial charge in [-0.1, -0.05) is 93.6 Å². The summed E-state index contributed by atoms with van der Waals surface area (Å²) in [5, 5.41) is -1.07. The number of halogens is 6. The number of benzene rings is 2. The molecule has 0 fully saturated rings. The van der Waals surface area contributed by atoms with Crippen LogP contribution in [0.1, 0.15) is 32.8 Å². The number of hydrogen-bond donors (Lipinski definition) is 0. The van der Waals surface area contributed by atoms with Crippen molar-refractivity contribution in [3.63, 3.8) is 0 Å². The van der Waals surface area contributed by atoms with Gasteiger partial charge in [0.25, 0.3) is 0 Å². The lowest BCUT2D eigenvalue weighted by Crippen LogP contribution is -2.65. The Morgan fingerprint density at radius 3 is 1.76 bits per heavy atom. The first-order valence-electron chi connectivity index (χ1n) is 11.6. The molecule has 37 heavy (non-hydrogen) atoms. The molecule has 0 N–H and O–H groups in total. The zero-order chi connectivity index (χ0) is 27.5. The molecule has 0 saturated carbocycles. The van der Waals surface area contributed by atoms with E-state index >= 15 is 0 Å². The van der Waals surface area contributed by atoms with E-state index in [2.05, 4.69) is 0 Å². The van der Waals surface area contributed by atoms with Crippen molar-refractivity contribution in [3.8, 4) is 0 Å². The summed E-state index contributed by atoms with van der Waals surface area (Å²) in [6.45, 7) is 4.32. The van der Waals surface area contributed by atoms with Gasteiger partial charge in [-0.2, -0.15) is 26.3 Å². The Kier molecular flexibility index (Phi) is 8.26. The first kappa shape index (κ1) is 28.9. The monoisotopic (exact) mass is 542 g/mol. The second-order valence-electron chi connectivity index (χ2n) is 9.89. The predicted octanol–water partition coefficient (Wildman–Crippen LogP) is 6.69. The molecule has 3 nitrogen and oxygen atoms in total. The molecular formula is C27H28F6O3Si. The maximum atomic E-state index is 13.7. The predicted molar refractivity (Wildman–Crippen MR) is 131 cm³/mol. The van der Waals surface area contributed by atoms with Gasteiger partial charge in [0.05, 0.1) is 0 Å². The zero-order valence-electron chi connectivity index (χ0n) is 20.6. The Labute approximate surface area is 213 Å². The molecule has 1 aliphatic carbocycles. The Morgan fingerprint density at radius 1 is 0.811 bits per heavy atom. The maximum Gasteiger partial charge on any atom is 0.422 e. The number of allylic oxidation sites excluding steroid dienone is 4. The highest BCUT2D eigenvalue weighted by Crippen LogP contribution is 2.45. The second kappa shape index (κ2) is 10.6. The van der Waals surface area contributed by atoms with Crippen LogP contribution in [0.3, 0.4) is 0 Å². The van der Waals surface area contributed by atoms with Gasteiger partial charge in [-0.15, -0.1) is 0 Å². The Hall–Kier alpha value is -2.69. The molecule has 0 aliphatic heterocycles. The summed E-state index contributed by atoms with van der Waals surface area (Å²) >= 11 is 0. The molecule has 2 aromatic rings. The fourth-order valence-electron chi connectivity index (χ4n) is 4.34. The SMILES string of the molecule is CC(C)(C)[Si](OCCC1(c2ccccc2)C=CC(=O)C=C1)(OC(C(F)(F)F)C(F)(F)F)c1ccccc1. The van der Waals surface area contributed by atoms with Gasteiger partial charge in [0.2, 0.25) is 6.10 Å². The summed E-state index contributed by atoms with van der Waals surface area (Å²) in [6.07, 6.45) is -9.13. The van der Waals surface area contributed by atoms with Crippen molar-refractivity contribution in [2.45, 2.75) is 56.1 Å². The summed E-state index contributed by atoms with van der Waals surface area (Å²) in [4.78, 5) is 11.8. The highest BCUT2D eigenvalue weighted by Gasteiger charge is 2.64. The number of rotatable bonds is 8. The first-order chi connectivity index (χ1) is 17.1. The standard InChI is InChI=1S/C27H28F6O3Si/c1-24(2,3)37(22-12-8-5-9-13-22,36-23(26(28,29)30)27(31,32)33)35-19-18-25(16-14-21(34)15-17-25)20-10-6-4-7-11-20/h4-17,23H,18-19H2,1-3H3. The molecule has 2 aromatic carbocycles.